The number of aliphatic hydroxyl groups is 4. The minimum absolute atomic E-state index is 0. The summed E-state index contributed by atoms with van der Waals surface area (Å²) in [5.74, 6) is 0.251. The fraction of sp³-hybridized carbons (Fsp3) is 0.444. The van der Waals surface area contributed by atoms with Crippen LogP contribution in [0.3, 0.4) is 0 Å². The molecule has 0 saturated carbocycles. The number of hydrogen-bond acceptors (Lipinski definition) is 26. The Labute approximate surface area is 425 Å². The maximum Gasteiger partial charge on any atom is 1.00 e. The molecule has 0 fully saturated rings. The molecule has 66 heavy (non-hydrogen) atoms. The number of benzene rings is 2. The maximum atomic E-state index is 12.5. The van der Waals surface area contributed by atoms with E-state index < -0.39 is 30.0 Å². The van der Waals surface area contributed by atoms with Crippen molar-refractivity contribution in [1.29, 1.82) is 0 Å². The van der Waals surface area contributed by atoms with Crippen LogP contribution in [0.25, 0.3) is 12.2 Å². The number of aromatic nitrogens is 6. The number of hydrogen-bond donors (Lipinski definition) is 10. The van der Waals surface area contributed by atoms with Crippen LogP contribution >= 0.6 is 0 Å². The first kappa shape index (κ1) is 58.6. The quantitative estimate of drug-likeness (QED) is 0.00941. The second-order valence-corrected chi connectivity index (χ2v) is 15.4. The molecule has 352 valence electrons. The van der Waals surface area contributed by atoms with Crippen LogP contribution in [0, 0.1) is 0 Å². The molecule has 4 rings (SSSR count). The average molecular weight is 985 g/mol. The fourth-order valence-corrected chi connectivity index (χ4v) is 6.55. The second-order valence-electron chi connectivity index (χ2n) is 12.7. The van der Waals surface area contributed by atoms with Crippen LogP contribution in [-0.2, 0) is 39.2 Å². The zero-order valence-corrected chi connectivity index (χ0v) is 41.9. The summed E-state index contributed by atoms with van der Waals surface area (Å²) in [4.78, 5) is 24.3. The molecule has 0 bridgehead atoms. The van der Waals surface area contributed by atoms with Crippen LogP contribution in [0.5, 0.6) is 0 Å². The van der Waals surface area contributed by atoms with Crippen LogP contribution < -0.4 is 91.0 Å². The Balaban J connectivity index is 0.00000748. The topological polar surface area (TPSA) is 382 Å². The average Bonchev–Trinajstić information content (AvgIpc) is 3.25. The van der Waals surface area contributed by atoms with Crippen molar-refractivity contribution in [3.05, 3.63) is 47.5 Å². The molecule has 0 radical (unpaired) electrons. The molecule has 0 amide bonds. The Morgan fingerprint density at radius 2 is 0.727 bits per heavy atom. The van der Waals surface area contributed by atoms with Gasteiger partial charge in [-0.15, -0.1) is 0 Å². The summed E-state index contributed by atoms with van der Waals surface area (Å²) < 4.78 is 96.1. The third-order valence-corrected chi connectivity index (χ3v) is 9.64. The minimum Gasteiger partial charge on any atom is -0.744 e. The Morgan fingerprint density at radius 1 is 0.455 bits per heavy atom. The zero-order chi connectivity index (χ0) is 46.2. The van der Waals surface area contributed by atoms with E-state index in [4.69, 9.17) is 39.4 Å². The molecule has 2 aromatic carbocycles. The van der Waals surface area contributed by atoms with E-state index >= 15 is 0 Å². The SMILES string of the molecule is O=S(=O)([O-])c1cc(Nc2nc(NCCOCCO)nc(NCCOCCO)n2)ccc1C=Cc1ccc(Nc2nc(NCCOCCO)nc(NCCOCCO)n2)cc1S(=O)(=O)[O-].[Na+].[Na+]. The summed E-state index contributed by atoms with van der Waals surface area (Å²) in [6.07, 6.45) is 2.32. The molecule has 0 aliphatic carbocycles. The molecule has 0 atom stereocenters. The molecule has 26 nitrogen and oxygen atoms in total. The number of nitrogens with zero attached hydrogens (tertiary/aromatic N) is 6. The third kappa shape index (κ3) is 21.6. The number of aliphatic hydroxyl groups excluding tert-OH is 4. The van der Waals surface area contributed by atoms with E-state index in [1.54, 1.807) is 0 Å². The van der Waals surface area contributed by atoms with Gasteiger partial charge in [0.25, 0.3) is 0 Å². The molecule has 10 N–H and O–H groups in total. The van der Waals surface area contributed by atoms with Crippen LogP contribution in [-0.4, -0.2) is 182 Å². The number of rotatable bonds is 32. The predicted octanol–water partition coefficient (Wildman–Crippen LogP) is -6.79. The van der Waals surface area contributed by atoms with Gasteiger partial charge >= 0.3 is 59.1 Å². The van der Waals surface area contributed by atoms with Crippen molar-refractivity contribution >= 4 is 79.5 Å². The van der Waals surface area contributed by atoms with Crippen molar-refractivity contribution in [3.8, 4) is 0 Å². The van der Waals surface area contributed by atoms with Gasteiger partial charge in [-0.05, 0) is 35.4 Å². The minimum atomic E-state index is -5.15. The Morgan fingerprint density at radius 3 is 0.985 bits per heavy atom. The Hall–Kier alpha value is -3.50. The van der Waals surface area contributed by atoms with Crippen molar-refractivity contribution in [2.45, 2.75) is 9.79 Å². The summed E-state index contributed by atoms with van der Waals surface area (Å²) in [5.41, 5.74) is -0.134. The molecular formula is C36H50N12Na2O14S2. The number of nitrogens with one attached hydrogen (secondary N) is 6. The predicted molar refractivity (Wildman–Crippen MR) is 230 cm³/mol. The van der Waals surface area contributed by atoms with Gasteiger partial charge in [-0.3, -0.25) is 0 Å². The van der Waals surface area contributed by atoms with Crippen molar-refractivity contribution in [2.75, 3.05) is 137 Å². The smallest absolute Gasteiger partial charge is 0.744 e. The van der Waals surface area contributed by atoms with Crippen LogP contribution in [0.1, 0.15) is 11.1 Å². The summed E-state index contributed by atoms with van der Waals surface area (Å²) in [6.45, 7) is 1.75. The van der Waals surface area contributed by atoms with Crippen LogP contribution in [0.15, 0.2) is 46.2 Å². The van der Waals surface area contributed by atoms with Gasteiger partial charge in [0.1, 0.15) is 20.2 Å². The molecule has 0 aliphatic rings. The first-order valence-electron chi connectivity index (χ1n) is 19.5. The van der Waals surface area contributed by atoms with Gasteiger partial charge in [0.2, 0.25) is 35.7 Å². The molecule has 2 aromatic heterocycles. The number of ether oxygens (including phenoxy) is 4. The van der Waals surface area contributed by atoms with Crippen molar-refractivity contribution in [1.82, 2.24) is 29.9 Å². The van der Waals surface area contributed by atoms with E-state index in [0.29, 0.717) is 0 Å². The molecule has 30 heteroatoms. The summed E-state index contributed by atoms with van der Waals surface area (Å²) in [5, 5.41) is 53.2. The van der Waals surface area contributed by atoms with Gasteiger partial charge in [0.15, 0.2) is 0 Å². The largest absolute Gasteiger partial charge is 1.00 e. The summed E-state index contributed by atoms with van der Waals surface area (Å²) in [6, 6.07) is 7.43. The van der Waals surface area contributed by atoms with Crippen molar-refractivity contribution < 1.29 is 124 Å². The number of anilines is 8. The summed E-state index contributed by atoms with van der Waals surface area (Å²) in [7, 11) is -10.3. The third-order valence-electron chi connectivity index (χ3n) is 7.85. The fourth-order valence-electron chi connectivity index (χ4n) is 5.16. The molecule has 0 spiro atoms. The van der Waals surface area contributed by atoms with E-state index in [1.165, 1.54) is 24.3 Å². The maximum absolute atomic E-state index is 12.5. The first-order chi connectivity index (χ1) is 30.8. The van der Waals surface area contributed by atoms with E-state index in [1.807, 2.05) is 0 Å². The molecule has 0 aliphatic heterocycles. The van der Waals surface area contributed by atoms with Gasteiger partial charge in [-0.25, -0.2) is 16.8 Å². The van der Waals surface area contributed by atoms with Crippen molar-refractivity contribution in [3.63, 3.8) is 0 Å². The molecule has 0 unspecified atom stereocenters. The van der Waals surface area contributed by atoms with E-state index in [0.717, 1.165) is 24.3 Å². The van der Waals surface area contributed by atoms with Gasteiger partial charge in [0.05, 0.1) is 89.1 Å². The first-order valence-corrected chi connectivity index (χ1v) is 22.3. The molecule has 4 aromatic rings. The Bertz CT molecular complexity index is 2100. The normalized spacial score (nSPS) is 11.4. The Kier molecular flexibility index (Phi) is 28.0. The van der Waals surface area contributed by atoms with E-state index in [9.17, 15) is 25.9 Å². The van der Waals surface area contributed by atoms with Gasteiger partial charge in [-0.2, -0.15) is 29.9 Å². The second kappa shape index (κ2) is 31.5. The monoisotopic (exact) mass is 984 g/mol. The van der Waals surface area contributed by atoms with Gasteiger partial charge < -0.3 is 80.4 Å². The van der Waals surface area contributed by atoms with Gasteiger partial charge in [0, 0.05) is 37.6 Å². The molecule has 2 heterocycles. The van der Waals surface area contributed by atoms with E-state index in [-0.39, 0.29) is 223 Å². The van der Waals surface area contributed by atoms with Crippen LogP contribution in [0.4, 0.5) is 47.1 Å². The zero-order valence-electron chi connectivity index (χ0n) is 36.3. The molecule has 0 saturated heterocycles. The van der Waals surface area contributed by atoms with Crippen LogP contribution in [0.2, 0.25) is 0 Å². The van der Waals surface area contributed by atoms with Gasteiger partial charge in [-0.1, -0.05) is 24.3 Å². The molecular weight excluding hydrogens is 935 g/mol. The standard InChI is InChI=1S/C36H52N12O14S2.2Na/c49-11-19-59-15-7-37-31-43-32(38-8-16-60-20-12-50)46-35(45-31)41-27-5-3-25(29(23-27)63(53,54)55)1-2-26-4-6-28(24-30(26)64(56,57)58)42-36-47-33(39-9-17-61-21-13-51)44-34(48-36)40-10-18-62-22-14-52;;/h1-6,23-24,49-52H,7-22H2,(H,53,54,55)(H,56,57,58)(H3,37,38,41,43,45,46)(H3,39,40,42,44,47,48);;/q;2*+1/p-2. The van der Waals surface area contributed by atoms with Crippen molar-refractivity contribution in [2.24, 2.45) is 0 Å². The summed E-state index contributed by atoms with van der Waals surface area (Å²) >= 11 is 0. The van der Waals surface area contributed by atoms with E-state index in [2.05, 4.69) is 61.8 Å².